The van der Waals surface area contributed by atoms with Crippen LogP contribution in [0.4, 0.5) is 0 Å². The predicted molar refractivity (Wildman–Crippen MR) is 100 cm³/mol. The molecular weight excluding hydrogens is 366 g/mol. The van der Waals surface area contributed by atoms with E-state index in [0.29, 0.717) is 19.8 Å². The van der Waals surface area contributed by atoms with Crippen LogP contribution in [0.2, 0.25) is 0 Å². The summed E-state index contributed by atoms with van der Waals surface area (Å²) >= 11 is 1.53. The molecule has 0 N–H and O–H groups in total. The number of thiophene rings is 1. The molecule has 0 radical (unpaired) electrons. The maximum atomic E-state index is 12.6. The van der Waals surface area contributed by atoms with E-state index >= 15 is 0 Å². The average Bonchev–Trinajstić information content (AvgIpc) is 3.37. The second-order valence-corrected chi connectivity index (χ2v) is 7.40. The Kier molecular flexibility index (Phi) is 5.29. The minimum absolute atomic E-state index is 0.0242. The first-order valence-electron chi connectivity index (χ1n) is 9.06. The number of fused-ring (bicyclic) bond motifs is 1. The van der Waals surface area contributed by atoms with E-state index in [1.807, 2.05) is 35.0 Å². The number of carbonyl (C=O) groups excluding carboxylic acids is 2. The lowest BCUT2D eigenvalue weighted by Gasteiger charge is -2.26. The molecule has 2 aliphatic rings. The van der Waals surface area contributed by atoms with Gasteiger partial charge < -0.3 is 19.1 Å². The lowest BCUT2D eigenvalue weighted by Crippen LogP contribution is -2.34. The second kappa shape index (κ2) is 8.00. The zero-order valence-electron chi connectivity index (χ0n) is 14.9. The summed E-state index contributed by atoms with van der Waals surface area (Å²) in [5.74, 6) is 0.923. The standard InChI is InChI=1S/C20H21NO5S/c22-19(12-26-20(23)10-14-5-9-27-13-14)21-6-1-2-16(21)15-3-4-17-18(11-15)25-8-7-24-17/h3-5,9,11,13,16H,1-2,6-8,10,12H2. The van der Waals surface area contributed by atoms with Crippen LogP contribution in [0, 0.1) is 0 Å². The highest BCUT2D eigenvalue weighted by molar-refractivity contribution is 7.07. The van der Waals surface area contributed by atoms with Crippen LogP contribution in [0.3, 0.4) is 0 Å². The Bertz CT molecular complexity index is 820. The SMILES string of the molecule is O=C(Cc1ccsc1)OCC(=O)N1CCCC1c1ccc2c(c1)OCCO2. The molecule has 1 aromatic carbocycles. The zero-order chi connectivity index (χ0) is 18.6. The Hall–Kier alpha value is -2.54. The summed E-state index contributed by atoms with van der Waals surface area (Å²) in [6.07, 6.45) is 2.00. The summed E-state index contributed by atoms with van der Waals surface area (Å²) in [6, 6.07) is 7.68. The Morgan fingerprint density at radius 1 is 1.19 bits per heavy atom. The molecule has 0 spiro atoms. The first-order valence-corrected chi connectivity index (χ1v) is 10.0. The summed E-state index contributed by atoms with van der Waals surface area (Å²) in [7, 11) is 0. The van der Waals surface area contributed by atoms with Gasteiger partial charge in [0, 0.05) is 6.54 Å². The van der Waals surface area contributed by atoms with Crippen molar-refractivity contribution in [2.75, 3.05) is 26.4 Å². The van der Waals surface area contributed by atoms with E-state index in [-0.39, 0.29) is 30.9 Å². The molecular formula is C20H21NO5S. The molecule has 1 aromatic heterocycles. The van der Waals surface area contributed by atoms with Gasteiger partial charge >= 0.3 is 5.97 Å². The molecule has 0 aliphatic carbocycles. The lowest BCUT2D eigenvalue weighted by atomic mass is 10.0. The molecule has 1 unspecified atom stereocenters. The molecule has 7 heteroatoms. The normalized spacial score (nSPS) is 18.4. The Morgan fingerprint density at radius 2 is 2.04 bits per heavy atom. The fraction of sp³-hybridized carbons (Fsp3) is 0.400. The zero-order valence-corrected chi connectivity index (χ0v) is 15.7. The maximum Gasteiger partial charge on any atom is 0.310 e. The predicted octanol–water partition coefficient (Wildman–Crippen LogP) is 2.97. The monoisotopic (exact) mass is 387 g/mol. The van der Waals surface area contributed by atoms with Gasteiger partial charge in [0.05, 0.1) is 12.5 Å². The molecule has 1 saturated heterocycles. The van der Waals surface area contributed by atoms with E-state index < -0.39 is 0 Å². The van der Waals surface area contributed by atoms with Crippen molar-refractivity contribution in [2.45, 2.75) is 25.3 Å². The molecule has 0 saturated carbocycles. The third-order valence-corrected chi connectivity index (χ3v) is 5.54. The van der Waals surface area contributed by atoms with Crippen LogP contribution >= 0.6 is 11.3 Å². The molecule has 0 bridgehead atoms. The van der Waals surface area contributed by atoms with Crippen molar-refractivity contribution in [1.82, 2.24) is 4.90 Å². The fourth-order valence-corrected chi connectivity index (χ4v) is 4.18. The van der Waals surface area contributed by atoms with Gasteiger partial charge in [0.1, 0.15) is 13.2 Å². The number of hydrogen-bond acceptors (Lipinski definition) is 6. The molecule has 27 heavy (non-hydrogen) atoms. The lowest BCUT2D eigenvalue weighted by molar-refractivity contribution is -0.151. The molecule has 4 rings (SSSR count). The highest BCUT2D eigenvalue weighted by Gasteiger charge is 2.31. The van der Waals surface area contributed by atoms with Gasteiger partial charge in [-0.25, -0.2) is 0 Å². The van der Waals surface area contributed by atoms with Crippen LogP contribution in [-0.2, 0) is 20.7 Å². The summed E-state index contributed by atoms with van der Waals surface area (Å²) in [5, 5.41) is 3.82. The Morgan fingerprint density at radius 3 is 2.85 bits per heavy atom. The first-order chi connectivity index (χ1) is 13.2. The van der Waals surface area contributed by atoms with Crippen LogP contribution < -0.4 is 9.47 Å². The van der Waals surface area contributed by atoms with Crippen molar-refractivity contribution < 1.29 is 23.8 Å². The van der Waals surface area contributed by atoms with Crippen LogP contribution in [0.5, 0.6) is 11.5 Å². The molecule has 1 amide bonds. The number of amides is 1. The molecule has 3 heterocycles. The minimum Gasteiger partial charge on any atom is -0.486 e. The van der Waals surface area contributed by atoms with Crippen molar-refractivity contribution >= 4 is 23.2 Å². The fourth-order valence-electron chi connectivity index (χ4n) is 3.52. The van der Waals surface area contributed by atoms with Gasteiger partial charge in [-0.15, -0.1) is 0 Å². The van der Waals surface area contributed by atoms with Gasteiger partial charge in [-0.3, -0.25) is 9.59 Å². The van der Waals surface area contributed by atoms with Crippen molar-refractivity contribution in [3.8, 4) is 11.5 Å². The summed E-state index contributed by atoms with van der Waals surface area (Å²) in [5.41, 5.74) is 1.93. The smallest absolute Gasteiger partial charge is 0.310 e. The average molecular weight is 387 g/mol. The van der Waals surface area contributed by atoms with Gasteiger partial charge in [-0.05, 0) is 52.9 Å². The van der Waals surface area contributed by atoms with Gasteiger partial charge in [-0.1, -0.05) is 6.07 Å². The largest absolute Gasteiger partial charge is 0.486 e. The number of benzene rings is 1. The number of nitrogens with zero attached hydrogens (tertiary/aromatic N) is 1. The Balaban J connectivity index is 1.37. The van der Waals surface area contributed by atoms with E-state index in [1.54, 1.807) is 4.90 Å². The van der Waals surface area contributed by atoms with E-state index in [0.717, 1.165) is 35.5 Å². The first kappa shape index (κ1) is 17.9. The van der Waals surface area contributed by atoms with Crippen LogP contribution in [-0.4, -0.2) is 43.1 Å². The second-order valence-electron chi connectivity index (χ2n) is 6.62. The van der Waals surface area contributed by atoms with Crippen molar-refractivity contribution in [2.24, 2.45) is 0 Å². The van der Waals surface area contributed by atoms with E-state index in [2.05, 4.69) is 0 Å². The van der Waals surface area contributed by atoms with Gasteiger partial charge in [0.15, 0.2) is 18.1 Å². The van der Waals surface area contributed by atoms with Crippen LogP contribution in [0.15, 0.2) is 35.0 Å². The third-order valence-electron chi connectivity index (χ3n) is 4.81. The highest BCUT2D eigenvalue weighted by Crippen LogP contribution is 2.38. The number of rotatable bonds is 5. The maximum absolute atomic E-state index is 12.6. The number of esters is 1. The molecule has 1 fully saturated rings. The van der Waals surface area contributed by atoms with E-state index in [1.165, 1.54) is 11.3 Å². The molecule has 2 aromatic rings. The number of carbonyl (C=O) groups is 2. The minimum atomic E-state index is -0.378. The molecule has 2 aliphatic heterocycles. The quantitative estimate of drug-likeness (QED) is 0.738. The number of ether oxygens (including phenoxy) is 3. The third kappa shape index (κ3) is 4.08. The molecule has 1 atom stereocenters. The van der Waals surface area contributed by atoms with Crippen molar-refractivity contribution in [3.63, 3.8) is 0 Å². The highest BCUT2D eigenvalue weighted by atomic mass is 32.1. The number of hydrogen-bond donors (Lipinski definition) is 0. The van der Waals surface area contributed by atoms with E-state index in [4.69, 9.17) is 14.2 Å². The molecule has 6 nitrogen and oxygen atoms in total. The molecule has 142 valence electrons. The van der Waals surface area contributed by atoms with Crippen molar-refractivity contribution in [1.29, 1.82) is 0 Å². The van der Waals surface area contributed by atoms with Crippen molar-refractivity contribution in [3.05, 3.63) is 46.2 Å². The van der Waals surface area contributed by atoms with Crippen LogP contribution in [0.1, 0.15) is 30.0 Å². The topological polar surface area (TPSA) is 65.1 Å². The summed E-state index contributed by atoms with van der Waals surface area (Å²) in [4.78, 5) is 26.3. The van der Waals surface area contributed by atoms with Gasteiger partial charge in [-0.2, -0.15) is 11.3 Å². The number of likely N-dealkylation sites (tertiary alicyclic amines) is 1. The Labute approximate surface area is 161 Å². The van der Waals surface area contributed by atoms with Gasteiger partial charge in [0.25, 0.3) is 5.91 Å². The van der Waals surface area contributed by atoms with E-state index in [9.17, 15) is 9.59 Å². The summed E-state index contributed by atoms with van der Waals surface area (Å²) in [6.45, 7) is 1.53. The van der Waals surface area contributed by atoms with Gasteiger partial charge in [0.2, 0.25) is 0 Å². The summed E-state index contributed by atoms with van der Waals surface area (Å²) < 4.78 is 16.4. The van der Waals surface area contributed by atoms with Crippen LogP contribution in [0.25, 0.3) is 0 Å².